The number of aliphatic hydroxyl groups excluding tert-OH is 1. The topological polar surface area (TPSA) is 26.7 Å². The van der Waals surface area contributed by atoms with E-state index in [2.05, 4.69) is 28.7 Å². The Bertz CT molecular complexity index is 515. The average molecular weight is 290 g/mol. The van der Waals surface area contributed by atoms with Crippen molar-refractivity contribution in [2.24, 2.45) is 0 Å². The molecule has 0 saturated carbocycles. The van der Waals surface area contributed by atoms with E-state index in [0.29, 0.717) is 5.56 Å². The first-order valence-electron chi connectivity index (χ1n) is 7.48. The summed E-state index contributed by atoms with van der Waals surface area (Å²) in [6.45, 7) is 5.01. The molecule has 4 heteroatoms. The molecule has 0 spiro atoms. The zero-order valence-electron chi connectivity index (χ0n) is 12.6. The smallest absolute Gasteiger partial charge is 0.124 e. The van der Waals surface area contributed by atoms with Gasteiger partial charge < -0.3 is 14.9 Å². The van der Waals surface area contributed by atoms with Crippen LogP contribution in [0.25, 0.3) is 0 Å². The molecule has 0 aliphatic carbocycles. The Hall–Kier alpha value is -1.41. The van der Waals surface area contributed by atoms with Crippen molar-refractivity contribution in [1.29, 1.82) is 0 Å². The molecular formula is C17H23FN2O. The van der Waals surface area contributed by atoms with Crippen LogP contribution in [0.3, 0.4) is 0 Å². The highest BCUT2D eigenvalue weighted by molar-refractivity contribution is 5.41. The number of likely N-dealkylation sites (N-methyl/N-ethyl adjacent to an activating group) is 1. The third kappa shape index (κ3) is 5.13. The number of benzene rings is 1. The second kappa shape index (κ2) is 8.14. The Labute approximate surface area is 126 Å². The fraction of sp³-hybridized carbons (Fsp3) is 0.529. The van der Waals surface area contributed by atoms with Crippen LogP contribution < -0.4 is 0 Å². The summed E-state index contributed by atoms with van der Waals surface area (Å²) in [7, 11) is 2.07. The quantitative estimate of drug-likeness (QED) is 0.836. The van der Waals surface area contributed by atoms with Gasteiger partial charge in [-0.15, -0.1) is 0 Å². The third-order valence-corrected chi connectivity index (χ3v) is 3.81. The highest BCUT2D eigenvalue weighted by Gasteiger charge is 2.12. The molecule has 0 amide bonds. The summed E-state index contributed by atoms with van der Waals surface area (Å²) >= 11 is 0. The number of rotatable bonds is 5. The van der Waals surface area contributed by atoms with Gasteiger partial charge in [0.2, 0.25) is 0 Å². The van der Waals surface area contributed by atoms with E-state index in [0.717, 1.165) is 25.2 Å². The van der Waals surface area contributed by atoms with Crippen molar-refractivity contribution in [3.05, 3.63) is 35.1 Å². The summed E-state index contributed by atoms with van der Waals surface area (Å²) < 4.78 is 13.3. The van der Waals surface area contributed by atoms with E-state index in [1.165, 1.54) is 38.1 Å². The first-order valence-corrected chi connectivity index (χ1v) is 7.48. The van der Waals surface area contributed by atoms with Gasteiger partial charge in [-0.25, -0.2) is 4.39 Å². The summed E-state index contributed by atoms with van der Waals surface area (Å²) in [4.78, 5) is 4.71. The maximum absolute atomic E-state index is 13.3. The van der Waals surface area contributed by atoms with Crippen molar-refractivity contribution in [3.8, 4) is 11.8 Å². The van der Waals surface area contributed by atoms with Crippen molar-refractivity contribution >= 4 is 0 Å². The van der Waals surface area contributed by atoms with Gasteiger partial charge in [0, 0.05) is 25.2 Å². The summed E-state index contributed by atoms with van der Waals surface area (Å²) in [5.74, 6) is 5.13. The van der Waals surface area contributed by atoms with E-state index >= 15 is 0 Å². The van der Waals surface area contributed by atoms with Crippen LogP contribution in [0.1, 0.15) is 24.0 Å². The standard InChI is InChI=1S/C17H23FN2O/c1-19(10-11-20-8-2-3-9-20)14-16-6-7-17(18)13-15(16)5-4-12-21/h6-7,13,21H,2-3,8-12,14H2,1H3. The van der Waals surface area contributed by atoms with Gasteiger partial charge in [-0.2, -0.15) is 0 Å². The molecule has 2 rings (SSSR count). The molecule has 3 nitrogen and oxygen atoms in total. The number of aliphatic hydroxyl groups is 1. The monoisotopic (exact) mass is 290 g/mol. The molecule has 114 valence electrons. The largest absolute Gasteiger partial charge is 0.384 e. The molecule has 1 fully saturated rings. The lowest BCUT2D eigenvalue weighted by molar-refractivity contribution is 0.252. The molecule has 0 bridgehead atoms. The van der Waals surface area contributed by atoms with Crippen molar-refractivity contribution in [3.63, 3.8) is 0 Å². The molecule has 1 aliphatic rings. The Kier molecular flexibility index (Phi) is 6.19. The number of likely N-dealkylation sites (tertiary alicyclic amines) is 1. The van der Waals surface area contributed by atoms with Crippen LogP contribution in [0.5, 0.6) is 0 Å². The van der Waals surface area contributed by atoms with Gasteiger partial charge in [-0.05, 0) is 50.7 Å². The number of nitrogens with zero attached hydrogens (tertiary/aromatic N) is 2. The first-order chi connectivity index (χ1) is 10.2. The number of halogens is 1. The molecule has 1 N–H and O–H groups in total. The van der Waals surface area contributed by atoms with Gasteiger partial charge in [0.05, 0.1) is 0 Å². The molecule has 1 heterocycles. The van der Waals surface area contributed by atoms with E-state index in [1.54, 1.807) is 6.07 Å². The average Bonchev–Trinajstić information content (AvgIpc) is 2.98. The minimum absolute atomic E-state index is 0.208. The van der Waals surface area contributed by atoms with Crippen molar-refractivity contribution < 1.29 is 9.50 Å². The summed E-state index contributed by atoms with van der Waals surface area (Å²) in [6.07, 6.45) is 2.62. The van der Waals surface area contributed by atoms with Gasteiger partial charge in [0.25, 0.3) is 0 Å². The second-order valence-electron chi connectivity index (χ2n) is 5.55. The zero-order chi connectivity index (χ0) is 15.1. The second-order valence-corrected chi connectivity index (χ2v) is 5.55. The fourth-order valence-corrected chi connectivity index (χ4v) is 2.63. The lowest BCUT2D eigenvalue weighted by Crippen LogP contribution is -2.31. The number of hydrogen-bond donors (Lipinski definition) is 1. The van der Waals surface area contributed by atoms with Crippen molar-refractivity contribution in [2.45, 2.75) is 19.4 Å². The van der Waals surface area contributed by atoms with E-state index < -0.39 is 0 Å². The Balaban J connectivity index is 1.94. The van der Waals surface area contributed by atoms with E-state index in [-0.39, 0.29) is 12.4 Å². The molecule has 0 aromatic heterocycles. The third-order valence-electron chi connectivity index (χ3n) is 3.81. The normalized spacial score (nSPS) is 15.2. The minimum atomic E-state index is -0.291. The summed E-state index contributed by atoms with van der Waals surface area (Å²) in [5.41, 5.74) is 1.67. The lowest BCUT2D eigenvalue weighted by atomic mass is 10.1. The Morgan fingerprint density at radius 2 is 2.10 bits per heavy atom. The van der Waals surface area contributed by atoms with Crippen LogP contribution in [-0.2, 0) is 6.54 Å². The van der Waals surface area contributed by atoms with Gasteiger partial charge in [0.1, 0.15) is 12.4 Å². The maximum Gasteiger partial charge on any atom is 0.124 e. The summed E-state index contributed by atoms with van der Waals surface area (Å²) in [6, 6.07) is 4.68. The highest BCUT2D eigenvalue weighted by Crippen LogP contribution is 2.13. The molecule has 1 saturated heterocycles. The van der Waals surface area contributed by atoms with Crippen LogP contribution >= 0.6 is 0 Å². The molecule has 1 aromatic carbocycles. The SMILES string of the molecule is CN(CCN1CCCC1)Cc1ccc(F)cc1C#CCO. The van der Waals surface area contributed by atoms with Crippen LogP contribution in [0.2, 0.25) is 0 Å². The maximum atomic E-state index is 13.3. The van der Waals surface area contributed by atoms with E-state index in [9.17, 15) is 4.39 Å². The highest BCUT2D eigenvalue weighted by atomic mass is 19.1. The zero-order valence-corrected chi connectivity index (χ0v) is 12.6. The first kappa shape index (κ1) is 16.0. The molecule has 1 aromatic rings. The Morgan fingerprint density at radius 1 is 1.33 bits per heavy atom. The molecule has 1 aliphatic heterocycles. The molecule has 0 atom stereocenters. The predicted molar refractivity (Wildman–Crippen MR) is 82.4 cm³/mol. The molecule has 0 radical (unpaired) electrons. The fourth-order valence-electron chi connectivity index (χ4n) is 2.63. The van der Waals surface area contributed by atoms with E-state index in [1.807, 2.05) is 0 Å². The van der Waals surface area contributed by atoms with Crippen LogP contribution in [0, 0.1) is 17.7 Å². The predicted octanol–water partition coefficient (Wildman–Crippen LogP) is 1.70. The molecular weight excluding hydrogens is 267 g/mol. The van der Waals surface area contributed by atoms with Crippen LogP contribution in [0.4, 0.5) is 4.39 Å². The van der Waals surface area contributed by atoms with Crippen molar-refractivity contribution in [1.82, 2.24) is 9.80 Å². The molecule has 21 heavy (non-hydrogen) atoms. The lowest BCUT2D eigenvalue weighted by Gasteiger charge is -2.21. The summed E-state index contributed by atoms with van der Waals surface area (Å²) in [5, 5.41) is 8.79. The van der Waals surface area contributed by atoms with Gasteiger partial charge in [0.15, 0.2) is 0 Å². The van der Waals surface area contributed by atoms with Crippen molar-refractivity contribution in [2.75, 3.05) is 39.8 Å². The number of hydrogen-bond acceptors (Lipinski definition) is 3. The van der Waals surface area contributed by atoms with Gasteiger partial charge >= 0.3 is 0 Å². The molecule has 0 unspecified atom stereocenters. The van der Waals surface area contributed by atoms with Crippen LogP contribution in [-0.4, -0.2) is 54.7 Å². The minimum Gasteiger partial charge on any atom is -0.384 e. The Morgan fingerprint density at radius 3 is 2.81 bits per heavy atom. The van der Waals surface area contributed by atoms with E-state index in [4.69, 9.17) is 5.11 Å². The van der Waals surface area contributed by atoms with Crippen LogP contribution in [0.15, 0.2) is 18.2 Å². The van der Waals surface area contributed by atoms with Gasteiger partial charge in [-0.3, -0.25) is 0 Å². The van der Waals surface area contributed by atoms with Gasteiger partial charge in [-0.1, -0.05) is 17.9 Å².